The normalized spacial score (nSPS) is 12.2. The van der Waals surface area contributed by atoms with E-state index in [-0.39, 0.29) is 5.56 Å². The summed E-state index contributed by atoms with van der Waals surface area (Å²) in [5, 5.41) is 0.929. The summed E-state index contributed by atoms with van der Waals surface area (Å²) in [4.78, 5) is 20.0. The van der Waals surface area contributed by atoms with Gasteiger partial charge in [0.1, 0.15) is 0 Å². The number of rotatable bonds is 0. The highest BCUT2D eigenvalue weighted by atomic mass is 16.1. The average Bonchev–Trinajstić information content (AvgIpc) is 2.93. The van der Waals surface area contributed by atoms with Crippen LogP contribution in [0.3, 0.4) is 0 Å². The highest BCUT2D eigenvalue weighted by molar-refractivity contribution is 5.80. The number of imidazole rings is 1. The minimum Gasteiger partial charge on any atom is -0.293 e. The first-order valence-electron chi connectivity index (χ1n) is 5.33. The van der Waals surface area contributed by atoms with E-state index in [1.54, 1.807) is 16.8 Å². The lowest BCUT2D eigenvalue weighted by atomic mass is 10.1. The van der Waals surface area contributed by atoms with Crippen LogP contribution in [-0.4, -0.2) is 14.4 Å². The molecule has 4 heteroatoms. The summed E-state index contributed by atoms with van der Waals surface area (Å²) < 4.78 is 1.80. The van der Waals surface area contributed by atoms with Gasteiger partial charge >= 0.3 is 5.56 Å². The molecule has 0 saturated heterocycles. The van der Waals surface area contributed by atoms with E-state index in [0.717, 1.165) is 22.2 Å². The molecular weight excluding hydrogens is 214 g/mol. The molecule has 0 aliphatic heterocycles. The molecule has 0 atom stereocenters. The fourth-order valence-electron chi connectivity index (χ4n) is 2.30. The summed E-state index contributed by atoms with van der Waals surface area (Å²) in [5.74, 6) is 0. The lowest BCUT2D eigenvalue weighted by Gasteiger charge is -1.99. The Hall–Kier alpha value is -2.49. The summed E-state index contributed by atoms with van der Waals surface area (Å²) >= 11 is 0. The summed E-state index contributed by atoms with van der Waals surface area (Å²) in [6, 6.07) is 7.92. The van der Waals surface area contributed by atoms with Crippen LogP contribution in [0, 0.1) is 0 Å². The molecule has 0 radical (unpaired) electrons. The quantitative estimate of drug-likeness (QED) is 0.437. The zero-order chi connectivity index (χ0) is 11.4. The first-order chi connectivity index (χ1) is 8.34. The smallest absolute Gasteiger partial charge is 0.293 e. The van der Waals surface area contributed by atoms with Crippen molar-refractivity contribution in [1.29, 1.82) is 0 Å². The van der Waals surface area contributed by atoms with Crippen molar-refractivity contribution in [3.05, 3.63) is 57.9 Å². The van der Waals surface area contributed by atoms with Gasteiger partial charge in [-0.25, -0.2) is 9.97 Å². The van der Waals surface area contributed by atoms with E-state index in [1.807, 2.05) is 30.3 Å². The lowest BCUT2D eigenvalue weighted by Crippen LogP contribution is -2.23. The Bertz CT molecular complexity index is 864. The zero-order valence-corrected chi connectivity index (χ0v) is 8.79. The van der Waals surface area contributed by atoms with Crippen LogP contribution in [0.1, 0.15) is 5.56 Å². The second-order valence-corrected chi connectivity index (χ2v) is 4.00. The van der Waals surface area contributed by atoms with Gasteiger partial charge in [0.2, 0.25) is 5.65 Å². The van der Waals surface area contributed by atoms with Crippen LogP contribution < -0.4 is 10.9 Å². The number of benzene rings is 1. The molecule has 0 fully saturated rings. The van der Waals surface area contributed by atoms with Crippen molar-refractivity contribution in [2.75, 3.05) is 0 Å². The van der Waals surface area contributed by atoms with E-state index in [1.165, 1.54) is 0 Å². The van der Waals surface area contributed by atoms with Crippen molar-refractivity contribution in [2.24, 2.45) is 0 Å². The van der Waals surface area contributed by atoms with Gasteiger partial charge in [-0.1, -0.05) is 24.3 Å². The maximum Gasteiger partial charge on any atom is 0.313 e. The highest BCUT2D eigenvalue weighted by Crippen LogP contribution is 2.23. The highest BCUT2D eigenvalue weighted by Gasteiger charge is 2.16. The molecule has 0 spiro atoms. The number of hydrogen-bond donors (Lipinski definition) is 0. The molecule has 0 saturated carbocycles. The fraction of sp³-hybridized carbons (Fsp3) is 0. The Morgan fingerprint density at radius 3 is 3.00 bits per heavy atom. The van der Waals surface area contributed by atoms with Gasteiger partial charge < -0.3 is 0 Å². The summed E-state index contributed by atoms with van der Waals surface area (Å²) in [6.45, 7) is 0. The van der Waals surface area contributed by atoms with Gasteiger partial charge in [0.05, 0.1) is 11.0 Å². The van der Waals surface area contributed by atoms with E-state index >= 15 is 0 Å². The Labute approximate surface area is 95.9 Å². The van der Waals surface area contributed by atoms with Gasteiger partial charge in [0, 0.05) is 18.0 Å². The third-order valence-electron chi connectivity index (χ3n) is 3.06. The summed E-state index contributed by atoms with van der Waals surface area (Å²) in [7, 11) is 0. The standard InChI is InChI=1S/C13H7N3O/c17-13-12-14-5-6-16(12)10-7-8-3-1-2-4-9(8)11(10)15-13/h1-7H. The molecule has 1 aliphatic rings. The topological polar surface area (TPSA) is 47.3 Å². The molecular formula is C13H7N3O. The maximum atomic E-state index is 11.8. The molecule has 0 unspecified atom stereocenters. The van der Waals surface area contributed by atoms with Gasteiger partial charge in [-0.2, -0.15) is 0 Å². The van der Waals surface area contributed by atoms with Gasteiger partial charge in [-0.05, 0) is 11.6 Å². The first-order valence-corrected chi connectivity index (χ1v) is 5.33. The van der Waals surface area contributed by atoms with E-state index in [0.29, 0.717) is 5.65 Å². The number of fused-ring (bicyclic) bond motifs is 5. The van der Waals surface area contributed by atoms with Crippen LogP contribution in [0.15, 0.2) is 41.5 Å². The number of nitrogens with zero attached hydrogens (tertiary/aromatic N) is 3. The summed E-state index contributed by atoms with van der Waals surface area (Å²) in [6.07, 6.45) is 5.45. The largest absolute Gasteiger partial charge is 0.313 e. The molecule has 0 N–H and O–H groups in total. The maximum absolute atomic E-state index is 11.8. The first kappa shape index (κ1) is 8.64. The van der Waals surface area contributed by atoms with Crippen molar-refractivity contribution in [3.63, 3.8) is 0 Å². The number of aromatic nitrogens is 3. The summed E-state index contributed by atoms with van der Waals surface area (Å²) in [5.41, 5.74) is 2.95. The van der Waals surface area contributed by atoms with E-state index in [4.69, 9.17) is 0 Å². The molecule has 17 heavy (non-hydrogen) atoms. The van der Waals surface area contributed by atoms with Crippen molar-refractivity contribution >= 4 is 11.7 Å². The Kier molecular flexibility index (Phi) is 1.42. The molecule has 0 amide bonds. The predicted molar refractivity (Wildman–Crippen MR) is 63.5 cm³/mol. The third-order valence-corrected chi connectivity index (χ3v) is 3.06. The zero-order valence-electron chi connectivity index (χ0n) is 8.79. The van der Waals surface area contributed by atoms with Crippen LogP contribution in [0.4, 0.5) is 0 Å². The Morgan fingerprint density at radius 2 is 2.06 bits per heavy atom. The molecule has 4 rings (SSSR count). The minimum absolute atomic E-state index is 0.279. The van der Waals surface area contributed by atoms with E-state index < -0.39 is 0 Å². The fourth-order valence-corrected chi connectivity index (χ4v) is 2.30. The lowest BCUT2D eigenvalue weighted by molar-refractivity contribution is 1.06. The Balaban J connectivity index is 2.29. The van der Waals surface area contributed by atoms with E-state index in [2.05, 4.69) is 9.97 Å². The van der Waals surface area contributed by atoms with Crippen LogP contribution in [0.25, 0.3) is 23.0 Å². The van der Waals surface area contributed by atoms with Gasteiger partial charge in [0.15, 0.2) is 0 Å². The second kappa shape index (κ2) is 2.79. The Morgan fingerprint density at radius 1 is 1.18 bits per heavy atom. The molecule has 2 heterocycles. The van der Waals surface area contributed by atoms with Crippen LogP contribution in [-0.2, 0) is 0 Å². The van der Waals surface area contributed by atoms with Crippen molar-refractivity contribution < 1.29 is 0 Å². The number of hydrogen-bond acceptors (Lipinski definition) is 3. The van der Waals surface area contributed by atoms with Crippen LogP contribution in [0.2, 0.25) is 0 Å². The van der Waals surface area contributed by atoms with Gasteiger partial charge in [-0.15, -0.1) is 0 Å². The average molecular weight is 221 g/mol. The monoisotopic (exact) mass is 221 g/mol. The van der Waals surface area contributed by atoms with Crippen molar-refractivity contribution in [1.82, 2.24) is 14.4 Å². The predicted octanol–water partition coefficient (Wildman–Crippen LogP) is 0.618. The third kappa shape index (κ3) is 0.990. The van der Waals surface area contributed by atoms with Gasteiger partial charge in [0.25, 0.3) is 0 Å². The van der Waals surface area contributed by atoms with E-state index in [9.17, 15) is 4.79 Å². The second-order valence-electron chi connectivity index (χ2n) is 4.00. The molecule has 2 aromatic heterocycles. The minimum atomic E-state index is -0.279. The van der Waals surface area contributed by atoms with Crippen molar-refractivity contribution in [3.8, 4) is 11.3 Å². The molecule has 4 nitrogen and oxygen atoms in total. The SMILES string of the molecule is O=c1nc2c(n3ccnc13)=Cc1ccccc1-2. The molecule has 1 aliphatic carbocycles. The molecule has 1 aromatic carbocycles. The van der Waals surface area contributed by atoms with Gasteiger partial charge in [-0.3, -0.25) is 9.20 Å². The molecule has 0 bridgehead atoms. The van der Waals surface area contributed by atoms with Crippen molar-refractivity contribution in [2.45, 2.75) is 0 Å². The molecule has 3 aromatic rings. The van der Waals surface area contributed by atoms with Crippen LogP contribution >= 0.6 is 0 Å². The molecule has 80 valence electrons. The van der Waals surface area contributed by atoms with Crippen LogP contribution in [0.5, 0.6) is 0 Å².